The summed E-state index contributed by atoms with van der Waals surface area (Å²) in [6.45, 7) is 2.49. The molecular weight excluding hydrogens is 270 g/mol. The predicted octanol–water partition coefficient (Wildman–Crippen LogP) is 1.40. The van der Waals surface area contributed by atoms with Crippen LogP contribution in [0.4, 0.5) is 11.4 Å². The number of halogens is 1. The van der Waals surface area contributed by atoms with Crippen molar-refractivity contribution in [1.29, 1.82) is 0 Å². The van der Waals surface area contributed by atoms with Crippen molar-refractivity contribution in [2.24, 2.45) is 5.73 Å². The summed E-state index contributed by atoms with van der Waals surface area (Å²) >= 11 is 3.37. The molecule has 86 valence electrons. The molecule has 0 saturated carbocycles. The highest BCUT2D eigenvalue weighted by molar-refractivity contribution is 9.10. The monoisotopic (exact) mass is 283 g/mol. The largest absolute Gasteiger partial charge is 0.397 e. The average Bonchev–Trinajstić information content (AvgIpc) is 2.43. The zero-order chi connectivity index (χ0) is 11.9. The molecule has 1 aromatic rings. The van der Waals surface area contributed by atoms with Crippen LogP contribution >= 0.6 is 15.9 Å². The molecule has 1 amide bonds. The maximum atomic E-state index is 11.8. The molecule has 0 aromatic heterocycles. The molecule has 1 aromatic carbocycles. The van der Waals surface area contributed by atoms with Gasteiger partial charge in [-0.1, -0.05) is 15.9 Å². The fourth-order valence-electron chi connectivity index (χ4n) is 2.08. The van der Waals surface area contributed by atoms with E-state index >= 15 is 0 Å². The lowest BCUT2D eigenvalue weighted by Gasteiger charge is -2.21. The van der Waals surface area contributed by atoms with Gasteiger partial charge < -0.3 is 16.4 Å². The number of amides is 1. The lowest BCUT2D eigenvalue weighted by atomic mass is 10.1. The summed E-state index contributed by atoms with van der Waals surface area (Å²) in [6, 6.07) is 3.66. The molecule has 2 rings (SSSR count). The van der Waals surface area contributed by atoms with Gasteiger partial charge in [0.1, 0.15) is 0 Å². The van der Waals surface area contributed by atoms with E-state index in [2.05, 4.69) is 15.9 Å². The normalized spacial score (nSPS) is 20.6. The van der Waals surface area contributed by atoms with Gasteiger partial charge in [-0.05, 0) is 24.6 Å². The Balaban J connectivity index is 2.44. The Labute approximate surface area is 103 Å². The third-order valence-electron chi connectivity index (χ3n) is 2.72. The smallest absolute Gasteiger partial charge is 0.228 e. The lowest BCUT2D eigenvalue weighted by Crippen LogP contribution is -2.29. The molecule has 1 unspecified atom stereocenters. The van der Waals surface area contributed by atoms with E-state index in [1.54, 1.807) is 11.0 Å². The minimum absolute atomic E-state index is 0.0459. The molecule has 1 fully saturated rings. The summed E-state index contributed by atoms with van der Waals surface area (Å²) in [5, 5.41) is 0. The Bertz CT molecular complexity index is 424. The van der Waals surface area contributed by atoms with Crippen molar-refractivity contribution in [3.05, 3.63) is 22.2 Å². The first-order valence-electron chi connectivity index (χ1n) is 5.10. The third kappa shape index (κ3) is 1.92. The van der Waals surface area contributed by atoms with Crippen molar-refractivity contribution in [3.8, 4) is 0 Å². The van der Waals surface area contributed by atoms with Crippen molar-refractivity contribution in [2.75, 3.05) is 17.2 Å². The molecule has 1 aliphatic heterocycles. The Kier molecular flexibility index (Phi) is 2.90. The quantitative estimate of drug-likeness (QED) is 0.766. The van der Waals surface area contributed by atoms with Gasteiger partial charge in [-0.2, -0.15) is 0 Å². The number of aryl methyl sites for hydroxylation is 1. The van der Waals surface area contributed by atoms with Crippen molar-refractivity contribution < 1.29 is 4.79 Å². The molecule has 0 spiro atoms. The minimum Gasteiger partial charge on any atom is -0.397 e. The molecular formula is C11H14BrN3O. The second-order valence-corrected chi connectivity index (χ2v) is 5.04. The van der Waals surface area contributed by atoms with E-state index in [1.165, 1.54) is 0 Å². The van der Waals surface area contributed by atoms with Gasteiger partial charge in [0, 0.05) is 23.5 Å². The third-order valence-corrected chi connectivity index (χ3v) is 3.18. The van der Waals surface area contributed by atoms with Crippen LogP contribution in [-0.4, -0.2) is 18.5 Å². The van der Waals surface area contributed by atoms with E-state index in [-0.39, 0.29) is 11.9 Å². The van der Waals surface area contributed by atoms with Gasteiger partial charge in [-0.15, -0.1) is 0 Å². The number of benzene rings is 1. The minimum atomic E-state index is -0.0880. The van der Waals surface area contributed by atoms with Gasteiger partial charge in [0.15, 0.2) is 0 Å². The average molecular weight is 284 g/mol. The zero-order valence-electron chi connectivity index (χ0n) is 9.03. The van der Waals surface area contributed by atoms with Gasteiger partial charge in [0.05, 0.1) is 11.4 Å². The van der Waals surface area contributed by atoms with Crippen LogP contribution < -0.4 is 16.4 Å². The number of carbonyl (C=O) groups excluding carboxylic acids is 1. The van der Waals surface area contributed by atoms with Crippen LogP contribution in [0.2, 0.25) is 0 Å². The van der Waals surface area contributed by atoms with Crippen LogP contribution in [0.25, 0.3) is 0 Å². The van der Waals surface area contributed by atoms with Gasteiger partial charge in [-0.3, -0.25) is 4.79 Å². The summed E-state index contributed by atoms with van der Waals surface area (Å²) < 4.78 is 0.919. The van der Waals surface area contributed by atoms with Gasteiger partial charge in [0.2, 0.25) is 5.91 Å². The summed E-state index contributed by atoms with van der Waals surface area (Å²) in [5.74, 6) is 0.0459. The van der Waals surface area contributed by atoms with Gasteiger partial charge in [-0.25, -0.2) is 0 Å². The summed E-state index contributed by atoms with van der Waals surface area (Å²) in [7, 11) is 0. The lowest BCUT2D eigenvalue weighted by molar-refractivity contribution is -0.117. The van der Waals surface area contributed by atoms with E-state index in [9.17, 15) is 4.79 Å². The molecule has 0 bridgehead atoms. The first-order chi connectivity index (χ1) is 7.49. The molecule has 0 radical (unpaired) electrons. The van der Waals surface area contributed by atoms with E-state index in [4.69, 9.17) is 11.5 Å². The molecule has 16 heavy (non-hydrogen) atoms. The number of hydrogen-bond acceptors (Lipinski definition) is 3. The first kappa shape index (κ1) is 11.4. The maximum absolute atomic E-state index is 11.8. The number of rotatable bonds is 1. The van der Waals surface area contributed by atoms with Gasteiger partial charge in [0.25, 0.3) is 0 Å². The van der Waals surface area contributed by atoms with Crippen LogP contribution in [0.15, 0.2) is 16.6 Å². The van der Waals surface area contributed by atoms with Crippen molar-refractivity contribution in [2.45, 2.75) is 19.4 Å². The fraction of sp³-hybridized carbons (Fsp3) is 0.364. The second kappa shape index (κ2) is 4.07. The SMILES string of the molecule is Cc1cc(Br)cc(N)c1N1CC(N)CC1=O. The van der Waals surface area contributed by atoms with Crippen molar-refractivity contribution >= 4 is 33.2 Å². The molecule has 5 heteroatoms. The number of hydrogen-bond donors (Lipinski definition) is 2. The van der Waals surface area contributed by atoms with Crippen LogP contribution in [0.3, 0.4) is 0 Å². The predicted molar refractivity (Wildman–Crippen MR) is 68.2 cm³/mol. The summed E-state index contributed by atoms with van der Waals surface area (Å²) in [5.41, 5.74) is 14.1. The standard InChI is InChI=1S/C11H14BrN3O/c1-6-2-7(12)3-9(14)11(6)15-5-8(13)4-10(15)16/h2-3,8H,4-5,13-14H2,1H3. The Morgan fingerprint density at radius 1 is 1.50 bits per heavy atom. The molecule has 1 heterocycles. The van der Waals surface area contributed by atoms with Crippen LogP contribution in [0.5, 0.6) is 0 Å². The van der Waals surface area contributed by atoms with Crippen LogP contribution in [-0.2, 0) is 4.79 Å². The Morgan fingerprint density at radius 2 is 2.19 bits per heavy atom. The molecule has 1 saturated heterocycles. The molecule has 4 nitrogen and oxygen atoms in total. The summed E-state index contributed by atoms with van der Waals surface area (Å²) in [6.07, 6.45) is 0.398. The Morgan fingerprint density at radius 3 is 2.69 bits per heavy atom. The van der Waals surface area contributed by atoms with Crippen molar-refractivity contribution in [3.63, 3.8) is 0 Å². The van der Waals surface area contributed by atoms with Crippen LogP contribution in [0.1, 0.15) is 12.0 Å². The highest BCUT2D eigenvalue weighted by Gasteiger charge is 2.30. The molecule has 0 aliphatic carbocycles. The number of nitrogens with zero attached hydrogens (tertiary/aromatic N) is 1. The Hall–Kier alpha value is -1.07. The van der Waals surface area contributed by atoms with E-state index < -0.39 is 0 Å². The summed E-state index contributed by atoms with van der Waals surface area (Å²) in [4.78, 5) is 13.4. The zero-order valence-corrected chi connectivity index (χ0v) is 10.6. The number of anilines is 2. The van der Waals surface area contributed by atoms with E-state index in [0.717, 1.165) is 15.7 Å². The highest BCUT2D eigenvalue weighted by Crippen LogP contribution is 2.33. The number of nitrogen functional groups attached to an aromatic ring is 1. The topological polar surface area (TPSA) is 72.3 Å². The fourth-order valence-corrected chi connectivity index (χ4v) is 2.67. The van der Waals surface area contributed by atoms with Crippen LogP contribution in [0, 0.1) is 6.92 Å². The molecule has 1 aliphatic rings. The highest BCUT2D eigenvalue weighted by atomic mass is 79.9. The number of nitrogens with two attached hydrogens (primary N) is 2. The first-order valence-corrected chi connectivity index (χ1v) is 5.90. The maximum Gasteiger partial charge on any atom is 0.228 e. The van der Waals surface area contributed by atoms with E-state index in [1.807, 2.05) is 13.0 Å². The molecule has 1 atom stereocenters. The number of carbonyl (C=O) groups is 1. The van der Waals surface area contributed by atoms with E-state index in [0.29, 0.717) is 18.7 Å². The van der Waals surface area contributed by atoms with Crippen molar-refractivity contribution in [1.82, 2.24) is 0 Å². The second-order valence-electron chi connectivity index (χ2n) is 4.13. The van der Waals surface area contributed by atoms with Gasteiger partial charge >= 0.3 is 0 Å². The molecule has 4 N–H and O–H groups in total.